The van der Waals surface area contributed by atoms with Crippen LogP contribution in [0.1, 0.15) is 46.8 Å². The lowest BCUT2D eigenvalue weighted by Gasteiger charge is -2.48. The molecule has 1 aliphatic heterocycles. The number of aliphatic hydroxyl groups excluding tert-OH is 1. The van der Waals surface area contributed by atoms with Gasteiger partial charge in [0.1, 0.15) is 5.82 Å². The molecular weight excluding hydrogens is 588 g/mol. The molecule has 0 bridgehead atoms. The summed E-state index contributed by atoms with van der Waals surface area (Å²) in [5, 5.41) is 13.7. The lowest BCUT2D eigenvalue weighted by Crippen LogP contribution is -2.61. The monoisotopic (exact) mass is 619 g/mol. The molecule has 11 heteroatoms. The largest absolute Gasteiger partial charge is 0.396 e. The normalized spacial score (nSPS) is 17.1. The molecule has 0 aromatic heterocycles. The zero-order valence-electron chi connectivity index (χ0n) is 22.6. The standard InChI is InChI=1S/C30H32Cl2FN3O4S/c1-41(39,40)36(26-14-22(13-25(33)15-26)29(38)34-18-30(19-37)11-2-12-30)27-16-35(17-27)28(20-3-7-23(31)8-4-20)21-5-9-24(32)10-6-21/h3-10,13-15,27-28,37H,2,11-12,16-19H2,1H3,(H,34,38). The molecule has 2 N–H and O–H groups in total. The van der Waals surface area contributed by atoms with Crippen molar-refractivity contribution in [1.29, 1.82) is 0 Å². The van der Waals surface area contributed by atoms with E-state index in [2.05, 4.69) is 10.2 Å². The molecule has 1 heterocycles. The summed E-state index contributed by atoms with van der Waals surface area (Å²) in [5.41, 5.74) is 1.75. The molecule has 2 aliphatic rings. The molecule has 0 spiro atoms. The summed E-state index contributed by atoms with van der Waals surface area (Å²) in [6.45, 7) is 0.993. The maximum atomic E-state index is 14.8. The molecule has 1 aliphatic carbocycles. The van der Waals surface area contributed by atoms with Gasteiger partial charge in [-0.3, -0.25) is 14.0 Å². The van der Waals surface area contributed by atoms with Crippen molar-refractivity contribution < 1.29 is 22.7 Å². The third-order valence-electron chi connectivity index (χ3n) is 8.09. The summed E-state index contributed by atoms with van der Waals surface area (Å²) >= 11 is 12.3. The summed E-state index contributed by atoms with van der Waals surface area (Å²) in [7, 11) is -3.82. The lowest BCUT2D eigenvalue weighted by molar-refractivity contribution is 0.0429. The highest BCUT2D eigenvalue weighted by Gasteiger charge is 2.41. The summed E-state index contributed by atoms with van der Waals surface area (Å²) in [6.07, 6.45) is 3.69. The van der Waals surface area contributed by atoms with Gasteiger partial charge in [-0.2, -0.15) is 0 Å². The zero-order valence-corrected chi connectivity index (χ0v) is 24.9. The highest BCUT2D eigenvalue weighted by atomic mass is 35.5. The van der Waals surface area contributed by atoms with E-state index in [0.29, 0.717) is 23.1 Å². The fraction of sp³-hybridized carbons (Fsp3) is 0.367. The van der Waals surface area contributed by atoms with Gasteiger partial charge in [0.15, 0.2) is 0 Å². The Balaban J connectivity index is 1.38. The van der Waals surface area contributed by atoms with Gasteiger partial charge in [0, 0.05) is 40.7 Å². The second kappa shape index (κ2) is 11.9. The Kier molecular flexibility index (Phi) is 8.64. The Morgan fingerprint density at radius 1 is 1.05 bits per heavy atom. The molecule has 1 saturated heterocycles. The molecule has 5 rings (SSSR count). The van der Waals surface area contributed by atoms with E-state index in [1.54, 1.807) is 0 Å². The highest BCUT2D eigenvalue weighted by molar-refractivity contribution is 7.92. The van der Waals surface area contributed by atoms with E-state index in [0.717, 1.165) is 48.8 Å². The van der Waals surface area contributed by atoms with Crippen LogP contribution in [0, 0.1) is 11.2 Å². The molecule has 218 valence electrons. The summed E-state index contributed by atoms with van der Waals surface area (Å²) in [4.78, 5) is 15.1. The Morgan fingerprint density at radius 2 is 1.61 bits per heavy atom. The van der Waals surface area contributed by atoms with Crippen LogP contribution in [0.25, 0.3) is 0 Å². The van der Waals surface area contributed by atoms with E-state index in [-0.39, 0.29) is 35.9 Å². The third-order valence-corrected chi connectivity index (χ3v) is 9.82. The maximum Gasteiger partial charge on any atom is 0.251 e. The number of likely N-dealkylation sites (tertiary alicyclic amines) is 1. The fourth-order valence-electron chi connectivity index (χ4n) is 5.69. The highest BCUT2D eigenvalue weighted by Crippen LogP contribution is 2.40. The van der Waals surface area contributed by atoms with Crippen molar-refractivity contribution in [3.8, 4) is 0 Å². The predicted molar refractivity (Wildman–Crippen MR) is 160 cm³/mol. The number of hydrogen-bond donors (Lipinski definition) is 2. The number of halogens is 3. The van der Waals surface area contributed by atoms with Crippen molar-refractivity contribution in [2.24, 2.45) is 5.41 Å². The smallest absolute Gasteiger partial charge is 0.251 e. The number of sulfonamides is 1. The molecule has 0 radical (unpaired) electrons. The van der Waals surface area contributed by atoms with Crippen LogP contribution < -0.4 is 9.62 Å². The molecular formula is C30H32Cl2FN3O4S. The minimum Gasteiger partial charge on any atom is -0.396 e. The average molecular weight is 621 g/mol. The van der Waals surface area contributed by atoms with Gasteiger partial charge < -0.3 is 10.4 Å². The number of aliphatic hydroxyl groups is 1. The topological polar surface area (TPSA) is 90.0 Å². The molecule has 1 amide bonds. The van der Waals surface area contributed by atoms with Gasteiger partial charge in [0.25, 0.3) is 5.91 Å². The van der Waals surface area contributed by atoms with Gasteiger partial charge in [0.2, 0.25) is 10.0 Å². The minimum absolute atomic E-state index is 0.0254. The second-order valence-corrected chi connectivity index (χ2v) is 13.8. The molecule has 1 saturated carbocycles. The molecule has 41 heavy (non-hydrogen) atoms. The molecule has 7 nitrogen and oxygen atoms in total. The number of carbonyl (C=O) groups is 1. The van der Waals surface area contributed by atoms with Gasteiger partial charge in [-0.25, -0.2) is 12.8 Å². The zero-order chi connectivity index (χ0) is 29.4. The predicted octanol–water partition coefficient (Wildman–Crippen LogP) is 5.26. The lowest BCUT2D eigenvalue weighted by atomic mass is 9.69. The summed E-state index contributed by atoms with van der Waals surface area (Å²) in [6, 6.07) is 18.0. The Morgan fingerprint density at radius 3 is 2.07 bits per heavy atom. The van der Waals surface area contributed by atoms with Crippen LogP contribution in [0.15, 0.2) is 66.7 Å². The van der Waals surface area contributed by atoms with E-state index < -0.39 is 27.8 Å². The third kappa shape index (κ3) is 6.54. The van der Waals surface area contributed by atoms with Crippen LogP contribution >= 0.6 is 23.2 Å². The van der Waals surface area contributed by atoms with E-state index in [4.69, 9.17) is 23.2 Å². The van der Waals surface area contributed by atoms with Gasteiger partial charge >= 0.3 is 0 Å². The Hall–Kier alpha value is -2.69. The van der Waals surface area contributed by atoms with Crippen molar-refractivity contribution in [1.82, 2.24) is 10.2 Å². The first-order valence-corrected chi connectivity index (χ1v) is 16.0. The first kappa shape index (κ1) is 29.8. The average Bonchev–Trinajstić information content (AvgIpc) is 2.87. The van der Waals surface area contributed by atoms with Crippen molar-refractivity contribution in [3.05, 3.63) is 99.3 Å². The first-order valence-electron chi connectivity index (χ1n) is 13.4. The van der Waals surface area contributed by atoms with Crippen LogP contribution in [0.3, 0.4) is 0 Å². The fourth-order valence-corrected chi connectivity index (χ4v) is 7.11. The number of anilines is 1. The maximum absolute atomic E-state index is 14.8. The summed E-state index contributed by atoms with van der Waals surface area (Å²) in [5.74, 6) is -1.22. The van der Waals surface area contributed by atoms with Crippen LogP contribution in [-0.4, -0.2) is 62.9 Å². The van der Waals surface area contributed by atoms with Crippen molar-refractivity contribution in [2.45, 2.75) is 31.3 Å². The van der Waals surface area contributed by atoms with Gasteiger partial charge in [0.05, 0.1) is 30.6 Å². The first-order chi connectivity index (χ1) is 19.5. The van der Waals surface area contributed by atoms with E-state index >= 15 is 0 Å². The number of benzene rings is 3. The SMILES string of the molecule is CS(=O)(=O)N(c1cc(F)cc(C(=O)NCC2(CO)CCC2)c1)C1CN(C(c2ccc(Cl)cc2)c2ccc(Cl)cc2)C1. The molecule has 3 aromatic rings. The van der Waals surface area contributed by atoms with E-state index in [1.807, 2.05) is 48.5 Å². The minimum atomic E-state index is -3.82. The molecule has 0 atom stereocenters. The number of rotatable bonds is 10. The number of hydrogen-bond acceptors (Lipinski definition) is 5. The van der Waals surface area contributed by atoms with Gasteiger partial charge in [-0.1, -0.05) is 53.9 Å². The summed E-state index contributed by atoms with van der Waals surface area (Å²) < 4.78 is 42.0. The van der Waals surface area contributed by atoms with Crippen LogP contribution in [0.2, 0.25) is 10.0 Å². The van der Waals surface area contributed by atoms with Crippen molar-refractivity contribution in [3.63, 3.8) is 0 Å². The van der Waals surface area contributed by atoms with Crippen LogP contribution in [-0.2, 0) is 10.0 Å². The van der Waals surface area contributed by atoms with Gasteiger partial charge in [-0.15, -0.1) is 0 Å². The number of carbonyl (C=O) groups excluding carboxylic acids is 1. The van der Waals surface area contributed by atoms with Crippen molar-refractivity contribution >= 4 is 44.8 Å². The second-order valence-electron chi connectivity index (χ2n) is 11.1. The quantitative estimate of drug-likeness (QED) is 0.323. The van der Waals surface area contributed by atoms with E-state index in [9.17, 15) is 22.7 Å². The molecule has 2 fully saturated rings. The molecule has 3 aromatic carbocycles. The van der Waals surface area contributed by atoms with Crippen molar-refractivity contribution in [2.75, 3.05) is 36.8 Å². The Labute approximate surface area is 249 Å². The molecule has 0 unspecified atom stereocenters. The van der Waals surface area contributed by atoms with Gasteiger partial charge in [-0.05, 0) is 66.4 Å². The number of amides is 1. The van der Waals surface area contributed by atoms with Crippen LogP contribution in [0.5, 0.6) is 0 Å². The van der Waals surface area contributed by atoms with E-state index in [1.165, 1.54) is 10.4 Å². The number of nitrogens with one attached hydrogen (secondary N) is 1. The number of nitrogens with zero attached hydrogens (tertiary/aromatic N) is 2. The van der Waals surface area contributed by atoms with Crippen LogP contribution in [0.4, 0.5) is 10.1 Å². The Bertz CT molecular complexity index is 1460.